The number of carbonyl (C=O) groups is 1. The van der Waals surface area contributed by atoms with Crippen LogP contribution in [0.25, 0.3) is 10.9 Å². The first kappa shape index (κ1) is 12.2. The van der Waals surface area contributed by atoms with Gasteiger partial charge in [0.2, 0.25) is 0 Å². The second-order valence-corrected chi connectivity index (χ2v) is 4.47. The molecular formula is C15H14N4O. The smallest absolute Gasteiger partial charge is 0.324 e. The fourth-order valence-electron chi connectivity index (χ4n) is 2.12. The number of amides is 2. The number of aromatic nitrogens is 2. The lowest BCUT2D eigenvalue weighted by Crippen LogP contribution is -2.20. The number of para-hydroxylation sites is 1. The van der Waals surface area contributed by atoms with Crippen LogP contribution in [-0.2, 0) is 7.05 Å². The number of rotatable bonds is 2. The summed E-state index contributed by atoms with van der Waals surface area (Å²) in [6, 6.07) is 13.2. The SMILES string of the molecule is Cn1c(NC(=O)Nc2cccnc2)cc2ccccc21. The molecule has 2 N–H and O–H groups in total. The molecule has 2 amide bonds. The van der Waals surface area contributed by atoms with E-state index in [1.165, 1.54) is 0 Å². The summed E-state index contributed by atoms with van der Waals surface area (Å²) in [7, 11) is 1.92. The van der Waals surface area contributed by atoms with E-state index in [-0.39, 0.29) is 6.03 Å². The number of nitrogens with zero attached hydrogens (tertiary/aromatic N) is 2. The minimum atomic E-state index is -0.288. The van der Waals surface area contributed by atoms with Crippen LogP contribution in [0.3, 0.4) is 0 Å². The first-order chi connectivity index (χ1) is 9.74. The van der Waals surface area contributed by atoms with Gasteiger partial charge in [-0.05, 0) is 24.3 Å². The van der Waals surface area contributed by atoms with E-state index in [1.54, 1.807) is 24.5 Å². The van der Waals surface area contributed by atoms with Gasteiger partial charge >= 0.3 is 6.03 Å². The van der Waals surface area contributed by atoms with E-state index in [0.29, 0.717) is 5.69 Å². The van der Waals surface area contributed by atoms with Gasteiger partial charge in [-0.1, -0.05) is 18.2 Å². The minimum Gasteiger partial charge on any atom is -0.330 e. The van der Waals surface area contributed by atoms with Crippen LogP contribution in [0.15, 0.2) is 54.9 Å². The molecule has 0 radical (unpaired) electrons. The quantitative estimate of drug-likeness (QED) is 0.748. The number of hydrogen-bond acceptors (Lipinski definition) is 2. The van der Waals surface area contributed by atoms with Gasteiger partial charge in [0.1, 0.15) is 5.82 Å². The maximum atomic E-state index is 11.9. The largest absolute Gasteiger partial charge is 0.330 e. The van der Waals surface area contributed by atoms with Crippen LogP contribution < -0.4 is 10.6 Å². The number of benzene rings is 1. The average Bonchev–Trinajstić information content (AvgIpc) is 2.77. The Balaban J connectivity index is 1.79. The van der Waals surface area contributed by atoms with Crippen LogP contribution in [-0.4, -0.2) is 15.6 Å². The minimum absolute atomic E-state index is 0.288. The summed E-state index contributed by atoms with van der Waals surface area (Å²) in [6.45, 7) is 0. The van der Waals surface area contributed by atoms with E-state index in [2.05, 4.69) is 15.6 Å². The van der Waals surface area contributed by atoms with Crippen molar-refractivity contribution in [1.29, 1.82) is 0 Å². The van der Waals surface area contributed by atoms with E-state index >= 15 is 0 Å². The number of pyridine rings is 1. The zero-order chi connectivity index (χ0) is 13.9. The van der Waals surface area contributed by atoms with E-state index in [1.807, 2.05) is 41.9 Å². The number of anilines is 2. The lowest BCUT2D eigenvalue weighted by Gasteiger charge is -2.08. The Morgan fingerprint density at radius 1 is 1.15 bits per heavy atom. The molecule has 0 bridgehead atoms. The second-order valence-electron chi connectivity index (χ2n) is 4.47. The summed E-state index contributed by atoms with van der Waals surface area (Å²) in [4.78, 5) is 15.9. The third-order valence-corrected chi connectivity index (χ3v) is 3.11. The van der Waals surface area contributed by atoms with Crippen LogP contribution in [0, 0.1) is 0 Å². The number of fused-ring (bicyclic) bond motifs is 1. The van der Waals surface area contributed by atoms with Crippen molar-refractivity contribution in [2.75, 3.05) is 10.6 Å². The third kappa shape index (κ3) is 2.33. The molecule has 0 saturated heterocycles. The summed E-state index contributed by atoms with van der Waals surface area (Å²) < 4.78 is 1.94. The lowest BCUT2D eigenvalue weighted by molar-refractivity contribution is 0.262. The van der Waals surface area contributed by atoms with Gasteiger partial charge in [-0.3, -0.25) is 10.3 Å². The van der Waals surface area contributed by atoms with Crippen molar-refractivity contribution in [2.45, 2.75) is 0 Å². The Labute approximate surface area is 116 Å². The highest BCUT2D eigenvalue weighted by Crippen LogP contribution is 2.22. The van der Waals surface area contributed by atoms with Crippen LogP contribution in [0.5, 0.6) is 0 Å². The topological polar surface area (TPSA) is 59.0 Å². The highest BCUT2D eigenvalue weighted by Gasteiger charge is 2.08. The van der Waals surface area contributed by atoms with Crippen molar-refractivity contribution < 1.29 is 4.79 Å². The molecule has 0 atom stereocenters. The summed E-state index contributed by atoms with van der Waals surface area (Å²) in [6.07, 6.45) is 3.26. The van der Waals surface area contributed by atoms with Gasteiger partial charge in [-0.15, -0.1) is 0 Å². The zero-order valence-electron chi connectivity index (χ0n) is 11.0. The van der Waals surface area contributed by atoms with Gasteiger partial charge in [0.25, 0.3) is 0 Å². The summed E-state index contributed by atoms with van der Waals surface area (Å²) in [5.41, 5.74) is 1.73. The Hall–Kier alpha value is -2.82. The first-order valence-corrected chi connectivity index (χ1v) is 6.26. The molecule has 100 valence electrons. The number of nitrogens with one attached hydrogen (secondary N) is 2. The molecule has 0 aliphatic rings. The van der Waals surface area contributed by atoms with E-state index in [0.717, 1.165) is 16.7 Å². The summed E-state index contributed by atoms with van der Waals surface area (Å²) in [5.74, 6) is 0.743. The predicted octanol–water partition coefficient (Wildman–Crippen LogP) is 3.22. The maximum Gasteiger partial charge on any atom is 0.324 e. The normalized spacial score (nSPS) is 10.4. The number of urea groups is 1. The molecule has 0 fully saturated rings. The highest BCUT2D eigenvalue weighted by molar-refractivity contribution is 6.01. The monoisotopic (exact) mass is 266 g/mol. The lowest BCUT2D eigenvalue weighted by atomic mass is 10.2. The molecule has 0 aliphatic heterocycles. The summed E-state index contributed by atoms with van der Waals surface area (Å²) in [5, 5.41) is 6.66. The molecule has 5 nitrogen and oxygen atoms in total. The third-order valence-electron chi connectivity index (χ3n) is 3.11. The molecule has 3 aromatic rings. The molecule has 2 aromatic heterocycles. The van der Waals surface area contributed by atoms with Gasteiger partial charge in [0, 0.05) is 24.1 Å². The van der Waals surface area contributed by atoms with Crippen molar-refractivity contribution in [2.24, 2.45) is 7.05 Å². The van der Waals surface area contributed by atoms with Crippen LogP contribution in [0.2, 0.25) is 0 Å². The van der Waals surface area contributed by atoms with Crippen molar-refractivity contribution >= 4 is 28.4 Å². The van der Waals surface area contributed by atoms with Gasteiger partial charge in [-0.25, -0.2) is 4.79 Å². The van der Waals surface area contributed by atoms with Gasteiger partial charge < -0.3 is 9.88 Å². The predicted molar refractivity (Wildman–Crippen MR) is 79.8 cm³/mol. The van der Waals surface area contributed by atoms with Crippen molar-refractivity contribution in [3.63, 3.8) is 0 Å². The van der Waals surface area contributed by atoms with Crippen molar-refractivity contribution in [3.8, 4) is 0 Å². The number of aryl methyl sites for hydroxylation is 1. The fourth-order valence-corrected chi connectivity index (χ4v) is 2.12. The van der Waals surface area contributed by atoms with E-state index in [4.69, 9.17) is 0 Å². The van der Waals surface area contributed by atoms with Gasteiger partial charge in [0.05, 0.1) is 11.9 Å². The molecule has 0 unspecified atom stereocenters. The highest BCUT2D eigenvalue weighted by atomic mass is 16.2. The molecule has 1 aromatic carbocycles. The standard InChI is InChI=1S/C15H14N4O/c1-19-13-7-3-2-5-11(13)9-14(19)18-15(20)17-12-6-4-8-16-10-12/h2-10H,1H3,(H2,17,18,20). The maximum absolute atomic E-state index is 11.9. The molecule has 0 aliphatic carbocycles. The van der Waals surface area contributed by atoms with Crippen LogP contribution in [0.4, 0.5) is 16.3 Å². The molecule has 0 spiro atoms. The van der Waals surface area contributed by atoms with E-state index in [9.17, 15) is 4.79 Å². The summed E-state index contributed by atoms with van der Waals surface area (Å²) >= 11 is 0. The Bertz CT molecular complexity index is 749. The average molecular weight is 266 g/mol. The fraction of sp³-hybridized carbons (Fsp3) is 0.0667. The van der Waals surface area contributed by atoms with Crippen molar-refractivity contribution in [1.82, 2.24) is 9.55 Å². The Morgan fingerprint density at radius 3 is 2.75 bits per heavy atom. The second kappa shape index (κ2) is 5.05. The van der Waals surface area contributed by atoms with E-state index < -0.39 is 0 Å². The van der Waals surface area contributed by atoms with Gasteiger partial charge in [0.15, 0.2) is 0 Å². The van der Waals surface area contributed by atoms with Crippen molar-refractivity contribution in [3.05, 3.63) is 54.9 Å². The molecule has 20 heavy (non-hydrogen) atoms. The Kier molecular flexibility index (Phi) is 3.09. The molecule has 3 rings (SSSR count). The number of hydrogen-bond donors (Lipinski definition) is 2. The molecular weight excluding hydrogens is 252 g/mol. The van der Waals surface area contributed by atoms with Crippen LogP contribution >= 0.6 is 0 Å². The zero-order valence-corrected chi connectivity index (χ0v) is 11.0. The van der Waals surface area contributed by atoms with Gasteiger partial charge in [-0.2, -0.15) is 0 Å². The molecule has 0 saturated carbocycles. The Morgan fingerprint density at radius 2 is 2.00 bits per heavy atom. The molecule has 2 heterocycles. The number of carbonyl (C=O) groups excluding carboxylic acids is 1. The molecule has 5 heteroatoms. The first-order valence-electron chi connectivity index (χ1n) is 6.26. The van der Waals surface area contributed by atoms with Crippen LogP contribution in [0.1, 0.15) is 0 Å².